The Hall–Kier alpha value is -2.56. The smallest absolute Gasteiger partial charge is 0.117 e. The predicted molar refractivity (Wildman–Crippen MR) is 112 cm³/mol. The van der Waals surface area contributed by atoms with Gasteiger partial charge in [-0.3, -0.25) is 4.90 Å². The summed E-state index contributed by atoms with van der Waals surface area (Å²) in [5.74, 6) is 0.996. The van der Waals surface area contributed by atoms with Crippen LogP contribution in [0.3, 0.4) is 0 Å². The molecule has 2 N–H and O–H groups in total. The standard InChI is InChI=1S/C23H27N3O/c1-2-26-22-9-4-3-8-20(22)21-15-18(10-11-23(21)26)16-25(13-6-12-24)17-19-7-5-14-27-19/h3-5,7-11,14-15H,2,6,12-13,16-17,24H2,1H3. The third kappa shape index (κ3) is 3.64. The van der Waals surface area contributed by atoms with Crippen LogP contribution in [-0.2, 0) is 19.6 Å². The summed E-state index contributed by atoms with van der Waals surface area (Å²) in [6.45, 7) is 6.55. The SMILES string of the molecule is CCn1c2ccccc2c2cc(CN(CCCN)Cc3ccco3)ccc21. The molecule has 0 saturated heterocycles. The number of aryl methyl sites for hydroxylation is 1. The van der Waals surface area contributed by atoms with Crippen molar-refractivity contribution in [3.63, 3.8) is 0 Å². The van der Waals surface area contributed by atoms with Gasteiger partial charge in [-0.2, -0.15) is 0 Å². The van der Waals surface area contributed by atoms with Gasteiger partial charge in [0, 0.05) is 41.4 Å². The van der Waals surface area contributed by atoms with Gasteiger partial charge in [0.1, 0.15) is 5.76 Å². The largest absolute Gasteiger partial charge is 0.468 e. The quantitative estimate of drug-likeness (QED) is 0.492. The van der Waals surface area contributed by atoms with Crippen LogP contribution >= 0.6 is 0 Å². The van der Waals surface area contributed by atoms with Crippen LogP contribution in [0.25, 0.3) is 21.8 Å². The zero-order valence-corrected chi connectivity index (χ0v) is 15.9. The van der Waals surface area contributed by atoms with Crippen LogP contribution in [-0.4, -0.2) is 22.6 Å². The van der Waals surface area contributed by atoms with Crippen LogP contribution in [0.4, 0.5) is 0 Å². The Morgan fingerprint density at radius 3 is 2.59 bits per heavy atom. The minimum atomic E-state index is 0.706. The monoisotopic (exact) mass is 361 g/mol. The van der Waals surface area contributed by atoms with Gasteiger partial charge in [0.2, 0.25) is 0 Å². The first kappa shape index (κ1) is 17.8. The Kier molecular flexibility index (Phi) is 5.28. The van der Waals surface area contributed by atoms with E-state index in [1.54, 1.807) is 6.26 Å². The fourth-order valence-electron chi connectivity index (χ4n) is 3.95. The first-order valence-electron chi connectivity index (χ1n) is 9.75. The molecule has 0 fully saturated rings. The summed E-state index contributed by atoms with van der Waals surface area (Å²) in [6.07, 6.45) is 2.72. The average molecular weight is 361 g/mol. The third-order valence-electron chi connectivity index (χ3n) is 5.20. The molecular formula is C23H27N3O. The molecule has 0 aliphatic heterocycles. The molecular weight excluding hydrogens is 334 g/mol. The third-order valence-corrected chi connectivity index (χ3v) is 5.20. The first-order valence-corrected chi connectivity index (χ1v) is 9.75. The van der Waals surface area contributed by atoms with Crippen LogP contribution in [0.2, 0.25) is 0 Å². The summed E-state index contributed by atoms with van der Waals surface area (Å²) < 4.78 is 7.94. The van der Waals surface area contributed by atoms with Crippen molar-refractivity contribution in [1.29, 1.82) is 0 Å². The summed E-state index contributed by atoms with van der Waals surface area (Å²) in [5.41, 5.74) is 9.69. The van der Waals surface area contributed by atoms with Crippen molar-refractivity contribution in [2.45, 2.75) is 33.0 Å². The van der Waals surface area contributed by atoms with Gasteiger partial charge in [0.25, 0.3) is 0 Å². The number of fused-ring (bicyclic) bond motifs is 3. The molecule has 0 spiro atoms. The van der Waals surface area contributed by atoms with Crippen LogP contribution in [0.15, 0.2) is 65.3 Å². The molecule has 0 unspecified atom stereocenters. The van der Waals surface area contributed by atoms with E-state index in [1.165, 1.54) is 27.4 Å². The van der Waals surface area contributed by atoms with Crippen molar-refractivity contribution in [2.75, 3.05) is 13.1 Å². The Morgan fingerprint density at radius 1 is 0.963 bits per heavy atom. The molecule has 4 nitrogen and oxygen atoms in total. The lowest BCUT2D eigenvalue weighted by atomic mass is 10.1. The second-order valence-corrected chi connectivity index (χ2v) is 7.05. The average Bonchev–Trinajstić information content (AvgIpc) is 3.31. The lowest BCUT2D eigenvalue weighted by Gasteiger charge is -2.21. The molecule has 2 aromatic carbocycles. The van der Waals surface area contributed by atoms with Crippen LogP contribution in [0.1, 0.15) is 24.7 Å². The Bertz CT molecular complexity index is 1020. The van der Waals surface area contributed by atoms with Gasteiger partial charge in [0.15, 0.2) is 0 Å². The number of aromatic nitrogens is 1. The predicted octanol–water partition coefficient (Wildman–Crippen LogP) is 4.76. The zero-order valence-electron chi connectivity index (χ0n) is 15.9. The second kappa shape index (κ2) is 7.99. The number of nitrogens with two attached hydrogens (primary N) is 1. The summed E-state index contributed by atoms with van der Waals surface area (Å²) in [5, 5.41) is 2.66. The van der Waals surface area contributed by atoms with E-state index in [9.17, 15) is 0 Å². The number of nitrogens with zero attached hydrogens (tertiary/aromatic N) is 2. The summed E-state index contributed by atoms with van der Waals surface area (Å²) in [4.78, 5) is 2.41. The van der Waals surface area contributed by atoms with Gasteiger partial charge in [0.05, 0.1) is 12.8 Å². The Balaban J connectivity index is 1.66. The molecule has 0 bridgehead atoms. The fraction of sp³-hybridized carbons (Fsp3) is 0.304. The summed E-state index contributed by atoms with van der Waals surface area (Å²) >= 11 is 0. The topological polar surface area (TPSA) is 47.3 Å². The number of benzene rings is 2. The van der Waals surface area contributed by atoms with E-state index in [0.29, 0.717) is 6.54 Å². The van der Waals surface area contributed by atoms with Crippen molar-refractivity contribution in [3.05, 3.63) is 72.2 Å². The number of hydrogen-bond donors (Lipinski definition) is 1. The number of para-hydroxylation sites is 1. The molecule has 0 saturated carbocycles. The molecule has 0 aliphatic rings. The molecule has 2 aromatic heterocycles. The lowest BCUT2D eigenvalue weighted by molar-refractivity contribution is 0.234. The van der Waals surface area contributed by atoms with E-state index >= 15 is 0 Å². The maximum atomic E-state index is 5.75. The minimum absolute atomic E-state index is 0.706. The van der Waals surface area contributed by atoms with E-state index in [-0.39, 0.29) is 0 Å². The molecule has 0 atom stereocenters. The highest BCUT2D eigenvalue weighted by Crippen LogP contribution is 2.30. The molecule has 4 aromatic rings. The molecule has 4 rings (SSSR count). The summed E-state index contributed by atoms with van der Waals surface area (Å²) in [6, 6.07) is 19.5. The van der Waals surface area contributed by atoms with E-state index in [4.69, 9.17) is 10.2 Å². The Morgan fingerprint density at radius 2 is 1.81 bits per heavy atom. The fourth-order valence-corrected chi connectivity index (χ4v) is 3.95. The molecule has 0 aliphatic carbocycles. The van der Waals surface area contributed by atoms with Crippen molar-refractivity contribution >= 4 is 21.8 Å². The van der Waals surface area contributed by atoms with Crippen molar-refractivity contribution < 1.29 is 4.42 Å². The highest BCUT2D eigenvalue weighted by molar-refractivity contribution is 6.08. The van der Waals surface area contributed by atoms with Gasteiger partial charge < -0.3 is 14.7 Å². The van der Waals surface area contributed by atoms with Gasteiger partial charge in [-0.1, -0.05) is 24.3 Å². The molecule has 0 amide bonds. The Labute approximate surface area is 160 Å². The van der Waals surface area contributed by atoms with Crippen molar-refractivity contribution in [2.24, 2.45) is 5.73 Å². The van der Waals surface area contributed by atoms with Gasteiger partial charge in [-0.15, -0.1) is 0 Å². The van der Waals surface area contributed by atoms with E-state index < -0.39 is 0 Å². The van der Waals surface area contributed by atoms with E-state index in [2.05, 4.69) is 58.9 Å². The maximum absolute atomic E-state index is 5.75. The molecule has 2 heterocycles. The number of furan rings is 1. The van der Waals surface area contributed by atoms with Crippen LogP contribution in [0, 0.1) is 0 Å². The molecule has 140 valence electrons. The van der Waals surface area contributed by atoms with Gasteiger partial charge in [-0.25, -0.2) is 0 Å². The van der Waals surface area contributed by atoms with Gasteiger partial charge >= 0.3 is 0 Å². The number of hydrogen-bond acceptors (Lipinski definition) is 3. The van der Waals surface area contributed by atoms with Crippen molar-refractivity contribution in [1.82, 2.24) is 9.47 Å². The second-order valence-electron chi connectivity index (χ2n) is 7.05. The molecule has 0 radical (unpaired) electrons. The minimum Gasteiger partial charge on any atom is -0.468 e. The van der Waals surface area contributed by atoms with Gasteiger partial charge in [-0.05, 0) is 55.8 Å². The van der Waals surface area contributed by atoms with Crippen molar-refractivity contribution in [3.8, 4) is 0 Å². The molecule has 27 heavy (non-hydrogen) atoms. The van der Waals surface area contributed by atoms with E-state index in [1.807, 2.05) is 12.1 Å². The van der Waals surface area contributed by atoms with Crippen LogP contribution in [0.5, 0.6) is 0 Å². The first-order chi connectivity index (χ1) is 13.3. The van der Waals surface area contributed by atoms with Crippen LogP contribution < -0.4 is 5.73 Å². The normalized spacial score (nSPS) is 11.8. The highest BCUT2D eigenvalue weighted by atomic mass is 16.3. The lowest BCUT2D eigenvalue weighted by Crippen LogP contribution is -2.25. The maximum Gasteiger partial charge on any atom is 0.117 e. The molecule has 4 heteroatoms. The highest BCUT2D eigenvalue weighted by Gasteiger charge is 2.12. The number of rotatable bonds is 8. The zero-order chi connectivity index (χ0) is 18.6. The summed E-state index contributed by atoms with van der Waals surface area (Å²) in [7, 11) is 0. The van der Waals surface area contributed by atoms with E-state index in [0.717, 1.165) is 38.4 Å².